The van der Waals surface area contributed by atoms with Crippen molar-refractivity contribution in [2.24, 2.45) is 0 Å². The van der Waals surface area contributed by atoms with Crippen molar-refractivity contribution in [3.05, 3.63) is 22.4 Å². The SMILES string of the molecule is O=C(C(=O)N1CCCNCC1)c1cccs1. The van der Waals surface area contributed by atoms with Crippen molar-refractivity contribution in [2.75, 3.05) is 26.2 Å². The van der Waals surface area contributed by atoms with Gasteiger partial charge in [-0.15, -0.1) is 11.3 Å². The fourth-order valence-electron chi connectivity index (χ4n) is 1.71. The van der Waals surface area contributed by atoms with Gasteiger partial charge in [0.25, 0.3) is 11.7 Å². The average Bonchev–Trinajstić information content (AvgIpc) is 2.70. The van der Waals surface area contributed by atoms with Crippen LogP contribution in [0.5, 0.6) is 0 Å². The van der Waals surface area contributed by atoms with Crippen LogP contribution in [-0.4, -0.2) is 42.8 Å². The van der Waals surface area contributed by atoms with E-state index < -0.39 is 0 Å². The van der Waals surface area contributed by atoms with Gasteiger partial charge in [0.2, 0.25) is 0 Å². The van der Waals surface area contributed by atoms with Gasteiger partial charge in [-0.25, -0.2) is 0 Å². The van der Waals surface area contributed by atoms with Crippen molar-refractivity contribution in [1.29, 1.82) is 0 Å². The number of amides is 1. The largest absolute Gasteiger partial charge is 0.334 e. The van der Waals surface area contributed by atoms with E-state index in [0.29, 0.717) is 18.0 Å². The summed E-state index contributed by atoms with van der Waals surface area (Å²) in [5, 5.41) is 5.01. The van der Waals surface area contributed by atoms with Gasteiger partial charge in [-0.05, 0) is 24.4 Å². The van der Waals surface area contributed by atoms with E-state index in [9.17, 15) is 9.59 Å². The Morgan fingerprint density at radius 3 is 2.94 bits per heavy atom. The van der Waals surface area contributed by atoms with Crippen LogP contribution in [0.2, 0.25) is 0 Å². The normalized spacial score (nSPS) is 16.9. The summed E-state index contributed by atoms with van der Waals surface area (Å²) in [7, 11) is 0. The van der Waals surface area contributed by atoms with Gasteiger partial charge in [-0.1, -0.05) is 6.07 Å². The molecule has 0 bridgehead atoms. The minimum absolute atomic E-state index is 0.369. The molecule has 1 fully saturated rings. The number of thiophene rings is 1. The fourth-order valence-corrected chi connectivity index (χ4v) is 2.36. The third-order valence-corrected chi connectivity index (χ3v) is 3.44. The summed E-state index contributed by atoms with van der Waals surface area (Å²) in [6, 6.07) is 3.48. The van der Waals surface area contributed by atoms with E-state index in [1.165, 1.54) is 11.3 Å². The predicted molar refractivity (Wildman–Crippen MR) is 62.7 cm³/mol. The molecule has 1 aliphatic rings. The molecule has 0 spiro atoms. The van der Waals surface area contributed by atoms with Gasteiger partial charge in [0.05, 0.1) is 4.88 Å². The molecule has 5 heteroatoms. The highest BCUT2D eigenvalue weighted by molar-refractivity contribution is 7.12. The van der Waals surface area contributed by atoms with Crippen LogP contribution in [-0.2, 0) is 4.79 Å². The first kappa shape index (κ1) is 11.3. The number of nitrogens with zero attached hydrogens (tertiary/aromatic N) is 1. The van der Waals surface area contributed by atoms with Gasteiger partial charge in [0, 0.05) is 19.6 Å². The van der Waals surface area contributed by atoms with Gasteiger partial charge in [0.1, 0.15) is 0 Å². The van der Waals surface area contributed by atoms with Crippen molar-refractivity contribution in [1.82, 2.24) is 10.2 Å². The van der Waals surface area contributed by atoms with E-state index in [1.807, 2.05) is 5.38 Å². The zero-order chi connectivity index (χ0) is 11.4. The van der Waals surface area contributed by atoms with E-state index >= 15 is 0 Å². The Bertz CT molecular complexity index is 367. The highest BCUT2D eigenvalue weighted by Crippen LogP contribution is 2.11. The molecular weight excluding hydrogens is 224 g/mol. The van der Waals surface area contributed by atoms with E-state index in [0.717, 1.165) is 19.5 Å². The molecule has 1 aliphatic heterocycles. The second kappa shape index (κ2) is 5.23. The minimum Gasteiger partial charge on any atom is -0.334 e. The average molecular weight is 238 g/mol. The van der Waals surface area contributed by atoms with Gasteiger partial charge in [0.15, 0.2) is 0 Å². The first-order chi connectivity index (χ1) is 7.79. The molecule has 1 N–H and O–H groups in total. The maximum Gasteiger partial charge on any atom is 0.295 e. The molecule has 1 saturated heterocycles. The Morgan fingerprint density at radius 2 is 2.19 bits per heavy atom. The Morgan fingerprint density at radius 1 is 1.31 bits per heavy atom. The lowest BCUT2D eigenvalue weighted by atomic mass is 10.2. The molecule has 0 radical (unpaired) electrons. The summed E-state index contributed by atoms with van der Waals surface area (Å²) >= 11 is 1.32. The van der Waals surface area contributed by atoms with Crippen LogP contribution in [0.15, 0.2) is 17.5 Å². The lowest BCUT2D eigenvalue weighted by Gasteiger charge is -2.18. The summed E-state index contributed by atoms with van der Waals surface area (Å²) < 4.78 is 0. The molecule has 2 rings (SSSR count). The molecule has 0 aliphatic carbocycles. The minimum atomic E-state index is -0.378. The Hall–Kier alpha value is -1.20. The van der Waals surface area contributed by atoms with Crippen LogP contribution in [0, 0.1) is 0 Å². The Kier molecular flexibility index (Phi) is 3.69. The number of rotatable bonds is 2. The van der Waals surface area contributed by atoms with Crippen molar-refractivity contribution in [2.45, 2.75) is 6.42 Å². The number of carbonyl (C=O) groups is 2. The number of nitrogens with one attached hydrogen (secondary N) is 1. The number of hydrogen-bond donors (Lipinski definition) is 1. The lowest BCUT2D eigenvalue weighted by Crippen LogP contribution is -2.38. The monoisotopic (exact) mass is 238 g/mol. The number of Topliss-reactive ketones (excluding diaryl/α,β-unsaturated/α-hetero) is 1. The highest BCUT2D eigenvalue weighted by atomic mass is 32.1. The quantitative estimate of drug-likeness (QED) is 0.611. The number of carbonyl (C=O) groups excluding carboxylic acids is 2. The number of hydrogen-bond acceptors (Lipinski definition) is 4. The van der Waals surface area contributed by atoms with Gasteiger partial charge >= 0.3 is 0 Å². The molecule has 1 aromatic heterocycles. The van der Waals surface area contributed by atoms with Gasteiger partial charge in [-0.2, -0.15) is 0 Å². The van der Waals surface area contributed by atoms with E-state index in [-0.39, 0.29) is 11.7 Å². The van der Waals surface area contributed by atoms with Crippen LogP contribution in [0.1, 0.15) is 16.1 Å². The van der Waals surface area contributed by atoms with Gasteiger partial charge < -0.3 is 10.2 Å². The maximum atomic E-state index is 11.9. The van der Waals surface area contributed by atoms with Crippen LogP contribution >= 0.6 is 11.3 Å². The lowest BCUT2D eigenvalue weighted by molar-refractivity contribution is -0.126. The van der Waals surface area contributed by atoms with Crippen LogP contribution in [0.3, 0.4) is 0 Å². The van der Waals surface area contributed by atoms with E-state index in [1.54, 1.807) is 17.0 Å². The van der Waals surface area contributed by atoms with E-state index in [4.69, 9.17) is 0 Å². The van der Waals surface area contributed by atoms with Crippen LogP contribution in [0.25, 0.3) is 0 Å². The third kappa shape index (κ3) is 2.48. The predicted octanol–water partition coefficient (Wildman–Crippen LogP) is 0.753. The maximum absolute atomic E-state index is 11.9. The first-order valence-electron chi connectivity index (χ1n) is 5.37. The molecule has 1 aromatic rings. The molecule has 4 nitrogen and oxygen atoms in total. The molecule has 0 atom stereocenters. The second-order valence-electron chi connectivity index (χ2n) is 3.70. The van der Waals surface area contributed by atoms with Crippen molar-refractivity contribution < 1.29 is 9.59 Å². The molecule has 0 aromatic carbocycles. The summed E-state index contributed by atoms with van der Waals surface area (Å²) in [6.45, 7) is 2.97. The van der Waals surface area contributed by atoms with Crippen molar-refractivity contribution >= 4 is 23.0 Å². The van der Waals surface area contributed by atoms with E-state index in [2.05, 4.69) is 5.32 Å². The fraction of sp³-hybridized carbons (Fsp3) is 0.455. The molecule has 16 heavy (non-hydrogen) atoms. The summed E-state index contributed by atoms with van der Waals surface area (Å²) in [5.41, 5.74) is 0. The first-order valence-corrected chi connectivity index (χ1v) is 6.25. The second-order valence-corrected chi connectivity index (χ2v) is 4.65. The highest BCUT2D eigenvalue weighted by Gasteiger charge is 2.24. The summed E-state index contributed by atoms with van der Waals surface area (Å²) in [4.78, 5) is 25.9. The topological polar surface area (TPSA) is 49.4 Å². The molecule has 1 amide bonds. The molecular formula is C11H14N2O2S. The Labute approximate surface area is 98.3 Å². The molecule has 2 heterocycles. The molecule has 0 saturated carbocycles. The Balaban J connectivity index is 2.03. The molecule has 0 unspecified atom stereocenters. The van der Waals surface area contributed by atoms with Crippen LogP contribution < -0.4 is 5.32 Å². The molecule has 86 valence electrons. The summed E-state index contributed by atoms with van der Waals surface area (Å²) in [6.07, 6.45) is 0.906. The number of ketones is 1. The third-order valence-electron chi connectivity index (χ3n) is 2.57. The zero-order valence-electron chi connectivity index (χ0n) is 8.94. The van der Waals surface area contributed by atoms with Gasteiger partial charge in [-0.3, -0.25) is 9.59 Å². The van der Waals surface area contributed by atoms with Crippen LogP contribution in [0.4, 0.5) is 0 Å². The standard InChI is InChI=1S/C11H14N2O2S/c14-10(9-3-1-8-16-9)11(15)13-6-2-4-12-5-7-13/h1,3,8,12H,2,4-7H2. The zero-order valence-corrected chi connectivity index (χ0v) is 9.76. The van der Waals surface area contributed by atoms with Crippen molar-refractivity contribution in [3.63, 3.8) is 0 Å². The summed E-state index contributed by atoms with van der Waals surface area (Å²) in [5.74, 6) is -0.747. The van der Waals surface area contributed by atoms with Crippen molar-refractivity contribution in [3.8, 4) is 0 Å². The smallest absolute Gasteiger partial charge is 0.295 e.